The Morgan fingerprint density at radius 1 is 1.19 bits per heavy atom. The minimum Gasteiger partial charge on any atom is -0.383 e. The normalized spacial score (nSPS) is 19.1. The molecule has 1 fully saturated rings. The van der Waals surface area contributed by atoms with Gasteiger partial charge < -0.3 is 16.0 Å². The number of hydrogen-bond donors (Lipinski definition) is 3. The Kier molecular flexibility index (Phi) is 6.61. The first-order valence-electron chi connectivity index (χ1n) is 10.00. The quantitative estimate of drug-likeness (QED) is 0.615. The topological polar surface area (TPSA) is 134 Å². The maximum absolute atomic E-state index is 13.0. The molecule has 3 rings (SSSR count). The van der Waals surface area contributed by atoms with Crippen LogP contribution in [0.3, 0.4) is 0 Å². The summed E-state index contributed by atoms with van der Waals surface area (Å²) in [7, 11) is -2.20. The number of aryl methyl sites for hydroxylation is 1. The lowest BCUT2D eigenvalue weighted by molar-refractivity contribution is -0.146. The van der Waals surface area contributed by atoms with Crippen LogP contribution in [0.4, 0.5) is 11.5 Å². The molecular weight excluding hydrogens is 418 g/mol. The van der Waals surface area contributed by atoms with Gasteiger partial charge in [0.25, 0.3) is 0 Å². The minimum atomic E-state index is -3.55. The van der Waals surface area contributed by atoms with E-state index in [1.165, 1.54) is 25.4 Å². The average Bonchev–Trinajstić information content (AvgIpc) is 2.75. The summed E-state index contributed by atoms with van der Waals surface area (Å²) in [6.45, 7) is 4.23. The molecule has 31 heavy (non-hydrogen) atoms. The number of carbonyl (C=O) groups excluding carboxylic acids is 2. The first kappa shape index (κ1) is 22.7. The van der Waals surface area contributed by atoms with E-state index in [0.717, 1.165) is 12.0 Å². The Morgan fingerprint density at radius 3 is 2.48 bits per heavy atom. The van der Waals surface area contributed by atoms with E-state index in [1.54, 1.807) is 30.0 Å². The lowest BCUT2D eigenvalue weighted by Gasteiger charge is -2.38. The van der Waals surface area contributed by atoms with Crippen LogP contribution in [-0.4, -0.2) is 43.7 Å². The fraction of sp³-hybridized carbons (Fsp3) is 0.381. The van der Waals surface area contributed by atoms with E-state index in [-0.39, 0.29) is 16.9 Å². The van der Waals surface area contributed by atoms with Crippen LogP contribution in [0.15, 0.2) is 41.4 Å². The van der Waals surface area contributed by atoms with Gasteiger partial charge in [-0.25, -0.2) is 18.1 Å². The zero-order valence-electron chi connectivity index (χ0n) is 17.8. The molecule has 0 aliphatic carbocycles. The van der Waals surface area contributed by atoms with Crippen molar-refractivity contribution >= 4 is 33.3 Å². The summed E-state index contributed by atoms with van der Waals surface area (Å²) in [6.07, 6.45) is 2.99. The number of rotatable bonds is 4. The number of pyridine rings is 1. The fourth-order valence-corrected chi connectivity index (χ4v) is 4.41. The Balaban J connectivity index is 1.81. The van der Waals surface area contributed by atoms with Gasteiger partial charge in [-0.05, 0) is 62.1 Å². The predicted octanol–water partition coefficient (Wildman–Crippen LogP) is 1.82. The predicted molar refractivity (Wildman–Crippen MR) is 118 cm³/mol. The molecule has 1 aliphatic rings. The number of sulfonamides is 1. The molecule has 10 heteroatoms. The standard InChI is InChI=1S/C21H27N5O4S/c1-13-4-9-18(15-5-7-17(8-6-15)31(29,30)23-3)26(12-13)21(28)20(27)25-16-10-14(2)19(22)24-11-16/h5-8,10-11,13,18,23H,4,9,12H2,1-3H3,(H2,22,24)(H,25,27)/t13-,18+/m1/s1. The van der Waals surface area contributed by atoms with Crippen molar-refractivity contribution in [3.8, 4) is 0 Å². The van der Waals surface area contributed by atoms with Crippen LogP contribution in [0.1, 0.15) is 36.9 Å². The number of anilines is 2. The molecular formula is C21H27N5O4S. The summed E-state index contributed by atoms with van der Waals surface area (Å²) in [5, 5.41) is 2.59. The van der Waals surface area contributed by atoms with Crippen LogP contribution in [0.25, 0.3) is 0 Å². The zero-order valence-corrected chi connectivity index (χ0v) is 18.6. The molecule has 0 bridgehead atoms. The molecule has 2 heterocycles. The number of nitrogens with zero attached hydrogens (tertiary/aromatic N) is 2. The zero-order chi connectivity index (χ0) is 22.8. The molecule has 1 aromatic heterocycles. The van der Waals surface area contributed by atoms with Crippen molar-refractivity contribution in [3.63, 3.8) is 0 Å². The highest BCUT2D eigenvalue weighted by molar-refractivity contribution is 7.89. The number of aromatic nitrogens is 1. The van der Waals surface area contributed by atoms with Crippen molar-refractivity contribution in [1.29, 1.82) is 0 Å². The number of nitrogen functional groups attached to an aromatic ring is 1. The Hall–Kier alpha value is -2.98. The fourth-order valence-electron chi connectivity index (χ4n) is 3.68. The van der Waals surface area contributed by atoms with Gasteiger partial charge in [0.05, 0.1) is 22.8 Å². The van der Waals surface area contributed by atoms with E-state index in [1.807, 2.05) is 6.92 Å². The Bertz CT molecular complexity index is 1090. The van der Waals surface area contributed by atoms with E-state index < -0.39 is 21.8 Å². The van der Waals surface area contributed by atoms with Gasteiger partial charge in [0.1, 0.15) is 5.82 Å². The van der Waals surface area contributed by atoms with Crippen molar-refractivity contribution in [2.24, 2.45) is 5.92 Å². The highest BCUT2D eigenvalue weighted by Crippen LogP contribution is 2.34. The number of nitrogens with two attached hydrogens (primary N) is 1. The van der Waals surface area contributed by atoms with Crippen molar-refractivity contribution in [3.05, 3.63) is 47.7 Å². The summed E-state index contributed by atoms with van der Waals surface area (Å²) >= 11 is 0. The number of carbonyl (C=O) groups is 2. The van der Waals surface area contributed by atoms with Gasteiger partial charge >= 0.3 is 11.8 Å². The summed E-state index contributed by atoms with van der Waals surface area (Å²) in [5.41, 5.74) is 7.58. The summed E-state index contributed by atoms with van der Waals surface area (Å²) in [6, 6.07) is 7.74. The van der Waals surface area contributed by atoms with Gasteiger partial charge in [-0.2, -0.15) is 0 Å². The molecule has 1 saturated heterocycles. The van der Waals surface area contributed by atoms with Crippen LogP contribution in [0.5, 0.6) is 0 Å². The summed E-state index contributed by atoms with van der Waals surface area (Å²) in [5.74, 6) is -0.784. The molecule has 9 nitrogen and oxygen atoms in total. The van der Waals surface area contributed by atoms with E-state index in [9.17, 15) is 18.0 Å². The second kappa shape index (κ2) is 9.03. The molecule has 1 aromatic carbocycles. The number of piperidine rings is 1. The van der Waals surface area contributed by atoms with Crippen LogP contribution in [-0.2, 0) is 19.6 Å². The van der Waals surface area contributed by atoms with Crippen LogP contribution >= 0.6 is 0 Å². The second-order valence-corrected chi connectivity index (χ2v) is 9.70. The van der Waals surface area contributed by atoms with E-state index in [4.69, 9.17) is 5.73 Å². The molecule has 166 valence electrons. The summed E-state index contributed by atoms with van der Waals surface area (Å²) in [4.78, 5) is 31.4. The SMILES string of the molecule is CNS(=O)(=O)c1ccc([C@@H]2CC[C@@H](C)CN2C(=O)C(=O)Nc2cnc(N)c(C)c2)cc1. The van der Waals surface area contributed by atoms with Crippen LogP contribution < -0.4 is 15.8 Å². The van der Waals surface area contributed by atoms with Crippen LogP contribution in [0.2, 0.25) is 0 Å². The molecule has 2 amide bonds. The Labute approximate surface area is 182 Å². The van der Waals surface area contributed by atoms with Crippen molar-refractivity contribution in [2.45, 2.75) is 37.6 Å². The van der Waals surface area contributed by atoms with Gasteiger partial charge in [-0.15, -0.1) is 0 Å². The van der Waals surface area contributed by atoms with Gasteiger partial charge in [0, 0.05) is 6.54 Å². The molecule has 0 spiro atoms. The molecule has 2 aromatic rings. The molecule has 4 N–H and O–H groups in total. The second-order valence-electron chi connectivity index (χ2n) is 7.81. The first-order chi connectivity index (χ1) is 14.6. The number of likely N-dealkylation sites (tertiary alicyclic amines) is 1. The highest BCUT2D eigenvalue weighted by atomic mass is 32.2. The number of nitrogens with one attached hydrogen (secondary N) is 2. The smallest absolute Gasteiger partial charge is 0.313 e. The highest BCUT2D eigenvalue weighted by Gasteiger charge is 2.34. The monoisotopic (exact) mass is 445 g/mol. The maximum atomic E-state index is 13.0. The number of benzene rings is 1. The van der Waals surface area contributed by atoms with Gasteiger partial charge in [0.15, 0.2) is 0 Å². The molecule has 0 unspecified atom stereocenters. The summed E-state index contributed by atoms with van der Waals surface area (Å²) < 4.78 is 26.2. The minimum absolute atomic E-state index is 0.143. The average molecular weight is 446 g/mol. The van der Waals surface area contributed by atoms with Gasteiger partial charge in [0.2, 0.25) is 10.0 Å². The lowest BCUT2D eigenvalue weighted by Crippen LogP contribution is -2.46. The van der Waals surface area contributed by atoms with E-state index in [0.29, 0.717) is 30.0 Å². The third-order valence-corrected chi connectivity index (χ3v) is 6.92. The Morgan fingerprint density at radius 2 is 1.87 bits per heavy atom. The maximum Gasteiger partial charge on any atom is 0.313 e. The van der Waals surface area contributed by atoms with Crippen molar-refractivity contribution in [1.82, 2.24) is 14.6 Å². The van der Waals surface area contributed by atoms with Crippen molar-refractivity contribution in [2.75, 3.05) is 24.6 Å². The third kappa shape index (κ3) is 5.02. The number of amides is 2. The van der Waals surface area contributed by atoms with Gasteiger partial charge in [-0.3, -0.25) is 9.59 Å². The first-order valence-corrected chi connectivity index (χ1v) is 11.5. The third-order valence-electron chi connectivity index (χ3n) is 5.49. The number of hydrogen-bond acceptors (Lipinski definition) is 6. The molecule has 0 saturated carbocycles. The van der Waals surface area contributed by atoms with E-state index >= 15 is 0 Å². The van der Waals surface area contributed by atoms with Crippen molar-refractivity contribution < 1.29 is 18.0 Å². The lowest BCUT2D eigenvalue weighted by atomic mass is 9.90. The largest absolute Gasteiger partial charge is 0.383 e. The van der Waals surface area contributed by atoms with Crippen LogP contribution in [0, 0.1) is 12.8 Å². The molecule has 0 radical (unpaired) electrons. The molecule has 1 aliphatic heterocycles. The van der Waals surface area contributed by atoms with Gasteiger partial charge in [-0.1, -0.05) is 19.1 Å². The van der Waals surface area contributed by atoms with E-state index in [2.05, 4.69) is 15.0 Å². The molecule has 2 atom stereocenters.